The van der Waals surface area contributed by atoms with Gasteiger partial charge >= 0.3 is 0 Å². The van der Waals surface area contributed by atoms with Crippen LogP contribution in [-0.4, -0.2) is 29.6 Å². The van der Waals surface area contributed by atoms with Gasteiger partial charge in [-0.05, 0) is 40.2 Å². The summed E-state index contributed by atoms with van der Waals surface area (Å²) in [6, 6.07) is 7.46. The van der Waals surface area contributed by atoms with Gasteiger partial charge in [-0.15, -0.1) is 0 Å². The van der Waals surface area contributed by atoms with Gasteiger partial charge in [-0.25, -0.2) is 0 Å². The standard InChI is InChI=1S/C16H26N2/c1-12-6-13(2)8-15(7-12)10-18-9-14(3)17-11-16(18,4)5/h6-8,14,17H,9-11H2,1-5H3. The SMILES string of the molecule is Cc1cc(C)cc(CN2CC(C)NCC2(C)C)c1. The normalized spacial score (nSPS) is 24.2. The first-order valence-corrected chi connectivity index (χ1v) is 6.92. The third-order valence-corrected chi connectivity index (χ3v) is 3.89. The van der Waals surface area contributed by atoms with Crippen LogP contribution in [0.5, 0.6) is 0 Å². The van der Waals surface area contributed by atoms with Gasteiger partial charge in [0.2, 0.25) is 0 Å². The first kappa shape index (κ1) is 13.6. The number of hydrogen-bond donors (Lipinski definition) is 1. The Morgan fingerprint density at radius 2 is 1.83 bits per heavy atom. The number of nitrogens with one attached hydrogen (secondary N) is 1. The van der Waals surface area contributed by atoms with Gasteiger partial charge in [0.15, 0.2) is 0 Å². The fourth-order valence-corrected chi connectivity index (χ4v) is 2.84. The highest BCUT2D eigenvalue weighted by Crippen LogP contribution is 2.22. The predicted molar refractivity (Wildman–Crippen MR) is 77.9 cm³/mol. The van der Waals surface area contributed by atoms with Crippen molar-refractivity contribution in [2.24, 2.45) is 0 Å². The highest BCUT2D eigenvalue weighted by Gasteiger charge is 2.32. The van der Waals surface area contributed by atoms with Crippen molar-refractivity contribution < 1.29 is 0 Å². The molecule has 0 saturated carbocycles. The van der Waals surface area contributed by atoms with E-state index in [2.05, 4.69) is 63.0 Å². The second-order valence-electron chi connectivity index (χ2n) is 6.47. The molecule has 2 rings (SSSR count). The zero-order valence-electron chi connectivity index (χ0n) is 12.4. The van der Waals surface area contributed by atoms with Gasteiger partial charge in [-0.2, -0.15) is 0 Å². The van der Waals surface area contributed by atoms with Crippen molar-refractivity contribution in [2.45, 2.75) is 52.7 Å². The minimum Gasteiger partial charge on any atom is -0.311 e. The van der Waals surface area contributed by atoms with Crippen LogP contribution in [0.4, 0.5) is 0 Å². The summed E-state index contributed by atoms with van der Waals surface area (Å²) in [6.45, 7) is 14.5. The number of hydrogen-bond acceptors (Lipinski definition) is 2. The molecular weight excluding hydrogens is 220 g/mol. The van der Waals surface area contributed by atoms with E-state index in [1.54, 1.807) is 0 Å². The van der Waals surface area contributed by atoms with Crippen LogP contribution in [-0.2, 0) is 6.54 Å². The highest BCUT2D eigenvalue weighted by atomic mass is 15.3. The molecule has 0 aliphatic carbocycles. The summed E-state index contributed by atoms with van der Waals surface area (Å²) >= 11 is 0. The molecule has 0 aromatic heterocycles. The number of benzene rings is 1. The van der Waals surface area contributed by atoms with E-state index in [-0.39, 0.29) is 5.54 Å². The Hall–Kier alpha value is -0.860. The smallest absolute Gasteiger partial charge is 0.0281 e. The lowest BCUT2D eigenvalue weighted by atomic mass is 9.96. The summed E-state index contributed by atoms with van der Waals surface area (Å²) in [4.78, 5) is 2.60. The van der Waals surface area contributed by atoms with Gasteiger partial charge in [0.1, 0.15) is 0 Å². The molecule has 1 N–H and O–H groups in total. The Balaban J connectivity index is 2.16. The number of rotatable bonds is 2. The molecule has 1 aromatic rings. The molecule has 100 valence electrons. The zero-order chi connectivity index (χ0) is 13.3. The molecule has 1 aliphatic rings. The van der Waals surface area contributed by atoms with E-state index in [0.717, 1.165) is 19.6 Å². The molecule has 18 heavy (non-hydrogen) atoms. The molecule has 1 atom stereocenters. The Labute approximate surface area is 111 Å². The van der Waals surface area contributed by atoms with E-state index in [0.29, 0.717) is 6.04 Å². The second kappa shape index (κ2) is 5.02. The summed E-state index contributed by atoms with van der Waals surface area (Å²) in [6.07, 6.45) is 0. The summed E-state index contributed by atoms with van der Waals surface area (Å²) in [7, 11) is 0. The quantitative estimate of drug-likeness (QED) is 0.863. The molecule has 2 heteroatoms. The summed E-state index contributed by atoms with van der Waals surface area (Å²) in [5, 5.41) is 3.57. The Morgan fingerprint density at radius 1 is 1.22 bits per heavy atom. The third-order valence-electron chi connectivity index (χ3n) is 3.89. The topological polar surface area (TPSA) is 15.3 Å². The Bertz CT molecular complexity index is 403. The van der Waals surface area contributed by atoms with E-state index >= 15 is 0 Å². The zero-order valence-corrected chi connectivity index (χ0v) is 12.4. The van der Waals surface area contributed by atoms with Crippen molar-refractivity contribution in [1.82, 2.24) is 10.2 Å². The number of piperazine rings is 1. The third kappa shape index (κ3) is 3.12. The molecule has 2 nitrogen and oxygen atoms in total. The van der Waals surface area contributed by atoms with Crippen molar-refractivity contribution in [1.29, 1.82) is 0 Å². The van der Waals surface area contributed by atoms with Crippen LogP contribution in [0.2, 0.25) is 0 Å². The van der Waals surface area contributed by atoms with Crippen molar-refractivity contribution in [3.8, 4) is 0 Å². The van der Waals surface area contributed by atoms with Gasteiger partial charge in [0, 0.05) is 31.2 Å². The van der Waals surface area contributed by atoms with Crippen molar-refractivity contribution in [2.75, 3.05) is 13.1 Å². The van der Waals surface area contributed by atoms with E-state index in [1.165, 1.54) is 16.7 Å². The summed E-state index contributed by atoms with van der Waals surface area (Å²) in [5.41, 5.74) is 4.41. The average molecular weight is 246 g/mol. The van der Waals surface area contributed by atoms with E-state index in [1.807, 2.05) is 0 Å². The lowest BCUT2D eigenvalue weighted by molar-refractivity contribution is 0.0626. The minimum absolute atomic E-state index is 0.240. The van der Waals surface area contributed by atoms with E-state index < -0.39 is 0 Å². The molecule has 1 aliphatic heterocycles. The highest BCUT2D eigenvalue weighted by molar-refractivity contribution is 5.28. The first-order valence-electron chi connectivity index (χ1n) is 6.92. The fraction of sp³-hybridized carbons (Fsp3) is 0.625. The average Bonchev–Trinajstić information content (AvgIpc) is 2.22. The lowest BCUT2D eigenvalue weighted by Gasteiger charge is -2.45. The van der Waals surface area contributed by atoms with Crippen molar-refractivity contribution >= 4 is 0 Å². The van der Waals surface area contributed by atoms with Gasteiger partial charge in [0.25, 0.3) is 0 Å². The molecule has 1 unspecified atom stereocenters. The second-order valence-corrected chi connectivity index (χ2v) is 6.47. The van der Waals surface area contributed by atoms with Crippen LogP contribution in [0, 0.1) is 13.8 Å². The van der Waals surface area contributed by atoms with Crippen molar-refractivity contribution in [3.63, 3.8) is 0 Å². The van der Waals surface area contributed by atoms with Crippen LogP contribution in [0.3, 0.4) is 0 Å². The molecule has 0 radical (unpaired) electrons. The lowest BCUT2D eigenvalue weighted by Crippen LogP contribution is -2.60. The van der Waals surface area contributed by atoms with Crippen LogP contribution in [0.1, 0.15) is 37.5 Å². The first-order chi connectivity index (χ1) is 8.37. The molecule has 0 amide bonds. The van der Waals surface area contributed by atoms with E-state index in [4.69, 9.17) is 0 Å². The van der Waals surface area contributed by atoms with Gasteiger partial charge < -0.3 is 5.32 Å². The van der Waals surface area contributed by atoms with E-state index in [9.17, 15) is 0 Å². The predicted octanol–water partition coefficient (Wildman–Crippen LogP) is 2.88. The van der Waals surface area contributed by atoms with Gasteiger partial charge in [-0.1, -0.05) is 29.3 Å². The molecular formula is C16H26N2. The van der Waals surface area contributed by atoms with Crippen LogP contribution in [0.25, 0.3) is 0 Å². The minimum atomic E-state index is 0.240. The molecule has 1 aromatic carbocycles. The van der Waals surface area contributed by atoms with Crippen LogP contribution >= 0.6 is 0 Å². The molecule has 1 heterocycles. The van der Waals surface area contributed by atoms with Crippen LogP contribution in [0.15, 0.2) is 18.2 Å². The number of aryl methyl sites for hydroxylation is 2. The Kier molecular flexibility index (Phi) is 3.79. The summed E-state index contributed by atoms with van der Waals surface area (Å²) < 4.78 is 0. The maximum absolute atomic E-state index is 3.57. The maximum Gasteiger partial charge on any atom is 0.0281 e. The Morgan fingerprint density at radius 3 is 2.44 bits per heavy atom. The monoisotopic (exact) mass is 246 g/mol. The largest absolute Gasteiger partial charge is 0.311 e. The van der Waals surface area contributed by atoms with Crippen LogP contribution < -0.4 is 5.32 Å². The molecule has 0 spiro atoms. The fourth-order valence-electron chi connectivity index (χ4n) is 2.84. The van der Waals surface area contributed by atoms with Gasteiger partial charge in [0.05, 0.1) is 0 Å². The molecule has 1 saturated heterocycles. The number of nitrogens with zero attached hydrogens (tertiary/aromatic N) is 1. The summed E-state index contributed by atoms with van der Waals surface area (Å²) in [5.74, 6) is 0. The van der Waals surface area contributed by atoms with Crippen molar-refractivity contribution in [3.05, 3.63) is 34.9 Å². The molecule has 1 fully saturated rings. The maximum atomic E-state index is 3.57. The molecule has 0 bridgehead atoms. The van der Waals surface area contributed by atoms with Gasteiger partial charge in [-0.3, -0.25) is 4.90 Å².